The van der Waals surface area contributed by atoms with Crippen LogP contribution >= 0.6 is 0 Å². The Balaban J connectivity index is 0.000000263. The molecule has 5 aromatic carbocycles. The van der Waals surface area contributed by atoms with Gasteiger partial charge in [0.15, 0.2) is 0 Å². The van der Waals surface area contributed by atoms with Crippen LogP contribution in [0.15, 0.2) is 114 Å². The standard InChI is InChI=1S/C33H32NOSi.C15H16N.Ir/c1-20-19-34-30(18-29(20)33(2,3)4)25-10-8-9-24-28-15-22-12-11-21-13-14-23(36(5,6)7)16-26(21)27(22)17-31(28)35-32(24)25;1-15(2,3)13-9-10-16-14(11-13)12-7-5-4-6-8-12;/h8-9,11-19H,1-7H3;4-7,9-11H,1-3H3;/q2*-1;/i1D3;;. The van der Waals surface area contributed by atoms with Gasteiger partial charge in [0, 0.05) is 42.0 Å². The molecule has 3 heterocycles. The molecule has 0 saturated carbocycles. The van der Waals surface area contributed by atoms with E-state index in [1.165, 1.54) is 38.5 Å². The fraction of sp³-hybridized carbons (Fsp3) is 0.250. The summed E-state index contributed by atoms with van der Waals surface area (Å²) in [6.07, 6.45) is 3.37. The smallest absolute Gasteiger partial charge is 0.121 e. The van der Waals surface area contributed by atoms with Crippen LogP contribution in [0, 0.1) is 19.0 Å². The summed E-state index contributed by atoms with van der Waals surface area (Å²) in [5, 5.41) is 8.31. The van der Waals surface area contributed by atoms with E-state index in [0.717, 1.165) is 38.7 Å². The van der Waals surface area contributed by atoms with Crippen LogP contribution in [0.4, 0.5) is 0 Å². The number of nitrogens with zero attached hydrogens (tertiary/aromatic N) is 2. The van der Waals surface area contributed by atoms with E-state index in [0.29, 0.717) is 11.3 Å². The van der Waals surface area contributed by atoms with Gasteiger partial charge in [-0.15, -0.1) is 54.1 Å². The van der Waals surface area contributed by atoms with Gasteiger partial charge in [-0.2, -0.15) is 0 Å². The van der Waals surface area contributed by atoms with E-state index in [9.17, 15) is 0 Å². The number of rotatable bonds is 3. The number of fused-ring (bicyclic) bond motifs is 6. The molecule has 0 aliphatic rings. The minimum Gasteiger partial charge on any atom is -0.501 e. The predicted octanol–water partition coefficient (Wildman–Crippen LogP) is 12.7. The van der Waals surface area contributed by atoms with Crippen molar-refractivity contribution in [2.75, 3.05) is 0 Å². The Morgan fingerprint density at radius 1 is 0.679 bits per heavy atom. The average molecular weight is 892 g/mol. The first-order chi connectivity index (χ1) is 25.8. The van der Waals surface area contributed by atoms with Gasteiger partial charge in [0.25, 0.3) is 0 Å². The van der Waals surface area contributed by atoms with Crippen molar-refractivity contribution in [1.82, 2.24) is 9.97 Å². The summed E-state index contributed by atoms with van der Waals surface area (Å²) < 4.78 is 30.6. The third-order valence-corrected chi connectivity index (χ3v) is 11.9. The quantitative estimate of drug-likeness (QED) is 0.101. The van der Waals surface area contributed by atoms with Crippen LogP contribution in [-0.2, 0) is 30.9 Å². The zero-order valence-electron chi connectivity index (χ0n) is 35.0. The van der Waals surface area contributed by atoms with Crippen molar-refractivity contribution in [1.29, 1.82) is 0 Å². The van der Waals surface area contributed by atoms with E-state index >= 15 is 0 Å². The first-order valence-electron chi connectivity index (χ1n) is 19.5. The van der Waals surface area contributed by atoms with Gasteiger partial charge in [-0.1, -0.05) is 120 Å². The van der Waals surface area contributed by atoms with Crippen molar-refractivity contribution in [3.63, 3.8) is 0 Å². The number of hydrogen-bond acceptors (Lipinski definition) is 3. The number of pyridine rings is 2. The number of furan rings is 1. The van der Waals surface area contributed by atoms with Crippen LogP contribution in [0.1, 0.15) is 62.3 Å². The van der Waals surface area contributed by atoms with E-state index in [1.54, 1.807) is 0 Å². The van der Waals surface area contributed by atoms with Crippen LogP contribution in [-0.4, -0.2) is 18.0 Å². The first-order valence-corrected chi connectivity index (χ1v) is 21.5. The maximum atomic E-state index is 8.02. The molecule has 5 heteroatoms. The third kappa shape index (κ3) is 7.80. The van der Waals surface area contributed by atoms with Crippen molar-refractivity contribution < 1.29 is 28.6 Å². The summed E-state index contributed by atoms with van der Waals surface area (Å²) in [5.74, 6) is 0. The van der Waals surface area contributed by atoms with Gasteiger partial charge in [-0.05, 0) is 85.5 Å². The minimum atomic E-state index is -2.23. The molecule has 3 nitrogen and oxygen atoms in total. The largest absolute Gasteiger partial charge is 0.501 e. The molecule has 0 spiro atoms. The van der Waals surface area contributed by atoms with Crippen molar-refractivity contribution in [3.8, 4) is 22.5 Å². The Morgan fingerprint density at radius 2 is 1.43 bits per heavy atom. The molecule has 0 bridgehead atoms. The van der Waals surface area contributed by atoms with Crippen molar-refractivity contribution in [3.05, 3.63) is 138 Å². The Hall–Kier alpha value is -4.41. The molecule has 8 rings (SSSR count). The molecule has 1 radical (unpaired) electrons. The molecule has 271 valence electrons. The third-order valence-electron chi connectivity index (χ3n) is 9.83. The fourth-order valence-electron chi connectivity index (χ4n) is 6.76. The summed E-state index contributed by atoms with van der Waals surface area (Å²) in [6.45, 7) is 17.6. The van der Waals surface area contributed by atoms with E-state index in [2.05, 4.69) is 117 Å². The van der Waals surface area contributed by atoms with Gasteiger partial charge in [-0.3, -0.25) is 0 Å². The monoisotopic (exact) mass is 892 g/mol. The number of hydrogen-bond donors (Lipinski definition) is 0. The topological polar surface area (TPSA) is 38.9 Å². The summed E-state index contributed by atoms with van der Waals surface area (Å²) >= 11 is 0. The summed E-state index contributed by atoms with van der Waals surface area (Å²) in [5.41, 5.74) is 7.10. The molecule has 3 aromatic heterocycles. The molecule has 0 unspecified atom stereocenters. The van der Waals surface area contributed by atoms with Gasteiger partial charge in [0.2, 0.25) is 0 Å². The first kappa shape index (κ1) is 34.4. The molecular formula is C48H48IrN2OSi-2. The summed E-state index contributed by atoms with van der Waals surface area (Å²) in [4.78, 5) is 8.98. The van der Waals surface area contributed by atoms with Gasteiger partial charge in [-0.25, -0.2) is 0 Å². The molecule has 0 atom stereocenters. The van der Waals surface area contributed by atoms with Crippen molar-refractivity contribution in [2.45, 2.75) is 78.9 Å². The summed E-state index contributed by atoms with van der Waals surface area (Å²) in [7, 11) is -1.47. The van der Waals surface area contributed by atoms with Gasteiger partial charge in [0.05, 0.1) is 13.7 Å². The van der Waals surface area contributed by atoms with Crippen LogP contribution in [0.25, 0.3) is 66.0 Å². The van der Waals surface area contributed by atoms with E-state index < -0.39 is 14.9 Å². The Morgan fingerprint density at radius 3 is 2.13 bits per heavy atom. The molecule has 0 aliphatic heterocycles. The van der Waals surface area contributed by atoms with Crippen LogP contribution in [0.5, 0.6) is 0 Å². The Labute approximate surface area is 333 Å². The number of aryl methyl sites for hydroxylation is 1. The zero-order chi connectivity index (χ0) is 39.5. The Bertz CT molecular complexity index is 2700. The minimum absolute atomic E-state index is 0. The predicted molar refractivity (Wildman–Crippen MR) is 224 cm³/mol. The Kier molecular flexibility index (Phi) is 9.36. The van der Waals surface area contributed by atoms with Gasteiger partial charge >= 0.3 is 0 Å². The molecule has 0 N–H and O–H groups in total. The second kappa shape index (κ2) is 14.4. The van der Waals surface area contributed by atoms with E-state index in [1.807, 2.05) is 69.4 Å². The van der Waals surface area contributed by atoms with Gasteiger partial charge in [0.1, 0.15) is 5.58 Å². The zero-order valence-corrected chi connectivity index (χ0v) is 35.4. The second-order valence-corrected chi connectivity index (χ2v) is 21.9. The van der Waals surface area contributed by atoms with Crippen molar-refractivity contribution in [2.24, 2.45) is 0 Å². The van der Waals surface area contributed by atoms with E-state index in [4.69, 9.17) is 8.53 Å². The van der Waals surface area contributed by atoms with Crippen LogP contribution in [0.3, 0.4) is 0 Å². The fourth-order valence-corrected chi connectivity index (χ4v) is 7.92. The maximum Gasteiger partial charge on any atom is 0.121 e. The maximum absolute atomic E-state index is 8.02. The molecule has 0 aliphatic carbocycles. The average Bonchev–Trinajstić information content (AvgIpc) is 3.50. The second-order valence-electron chi connectivity index (χ2n) is 16.8. The molecular weight excluding hydrogens is 841 g/mol. The number of benzene rings is 5. The van der Waals surface area contributed by atoms with Crippen molar-refractivity contribution >= 4 is 56.7 Å². The van der Waals surface area contributed by atoms with E-state index in [-0.39, 0.29) is 36.5 Å². The normalized spacial score (nSPS) is 13.3. The van der Waals surface area contributed by atoms with Crippen LogP contribution in [0.2, 0.25) is 19.6 Å². The summed E-state index contributed by atoms with van der Waals surface area (Å²) in [6, 6.07) is 40.1. The molecule has 0 saturated heterocycles. The number of aromatic nitrogens is 2. The van der Waals surface area contributed by atoms with Gasteiger partial charge < -0.3 is 14.4 Å². The molecule has 53 heavy (non-hydrogen) atoms. The molecule has 0 amide bonds. The SMILES string of the molecule is CC(C)(C)c1ccnc(-c2[c-]cccc2)c1.[2H]C([2H])([2H])c1cnc(-c2[c-]ccc3c2oc2cc4c(ccc5ccc([Si](C)(C)C)cc54)cc23)cc1C(C)(C)C.[Ir]. The molecule has 0 fully saturated rings. The van der Waals surface area contributed by atoms with Crippen LogP contribution < -0.4 is 5.19 Å². The molecule has 8 aromatic rings.